The van der Waals surface area contributed by atoms with Gasteiger partial charge in [0.1, 0.15) is 10.5 Å². The summed E-state index contributed by atoms with van der Waals surface area (Å²) in [6, 6.07) is 4.72. The minimum atomic E-state index is -0.159. The second kappa shape index (κ2) is 7.17. The lowest BCUT2D eigenvalue weighted by molar-refractivity contribution is -0.132. The topological polar surface area (TPSA) is 78.6 Å². The highest BCUT2D eigenvalue weighted by atomic mass is 35.5. The summed E-state index contributed by atoms with van der Waals surface area (Å²) in [6.45, 7) is 2.41. The predicted octanol–water partition coefficient (Wildman–Crippen LogP) is 3.00. The van der Waals surface area contributed by atoms with Crippen molar-refractivity contribution in [1.82, 2.24) is 14.7 Å². The summed E-state index contributed by atoms with van der Waals surface area (Å²) < 4.78 is 1.63. The van der Waals surface area contributed by atoms with Gasteiger partial charge in [0.05, 0.1) is 5.69 Å². The minimum Gasteiger partial charge on any atom is -0.504 e. The molecule has 1 saturated heterocycles. The van der Waals surface area contributed by atoms with Crippen LogP contribution in [0.5, 0.6) is 11.5 Å². The summed E-state index contributed by atoms with van der Waals surface area (Å²) in [5, 5.41) is 23.8. The second-order valence-electron chi connectivity index (χ2n) is 6.05. The van der Waals surface area contributed by atoms with Gasteiger partial charge in [-0.25, -0.2) is 0 Å². The van der Waals surface area contributed by atoms with Gasteiger partial charge in [-0.05, 0) is 31.0 Å². The van der Waals surface area contributed by atoms with Gasteiger partial charge in [0, 0.05) is 31.3 Å². The SMILES string of the molecule is Cc1nn(C)c(Cl)c1C1SCCC(=O)N1CCc1ccc(O)c(O)c1. The fourth-order valence-electron chi connectivity index (χ4n) is 3.00. The number of aromatic nitrogens is 2. The first-order valence-corrected chi connectivity index (χ1v) is 9.42. The molecule has 0 radical (unpaired) electrons. The van der Waals surface area contributed by atoms with Crippen molar-refractivity contribution in [2.24, 2.45) is 7.05 Å². The van der Waals surface area contributed by atoms with E-state index < -0.39 is 0 Å². The summed E-state index contributed by atoms with van der Waals surface area (Å²) in [7, 11) is 1.79. The molecule has 1 amide bonds. The molecule has 25 heavy (non-hydrogen) atoms. The normalized spacial score (nSPS) is 18.0. The number of amides is 1. The van der Waals surface area contributed by atoms with Crippen molar-refractivity contribution < 1.29 is 15.0 Å². The van der Waals surface area contributed by atoms with E-state index in [1.54, 1.807) is 29.6 Å². The third kappa shape index (κ3) is 3.57. The van der Waals surface area contributed by atoms with E-state index >= 15 is 0 Å². The van der Waals surface area contributed by atoms with Crippen LogP contribution in [0.15, 0.2) is 18.2 Å². The number of aryl methyl sites for hydroxylation is 2. The summed E-state index contributed by atoms with van der Waals surface area (Å²) in [5.41, 5.74) is 2.56. The maximum atomic E-state index is 12.5. The molecule has 1 fully saturated rings. The maximum absolute atomic E-state index is 12.5. The standard InChI is InChI=1S/C17H20ClN3O3S/c1-10-15(16(18)20(2)19-10)17-21(14(24)6-8-25-17)7-5-11-3-4-12(22)13(23)9-11/h3-4,9,17,22-23H,5-8H2,1-2H3. The molecular formula is C17H20ClN3O3S. The summed E-state index contributed by atoms with van der Waals surface area (Å²) in [4.78, 5) is 14.3. The van der Waals surface area contributed by atoms with Crippen LogP contribution in [0.25, 0.3) is 0 Å². The second-order valence-corrected chi connectivity index (χ2v) is 7.59. The van der Waals surface area contributed by atoms with Crippen molar-refractivity contribution in [3.8, 4) is 11.5 Å². The quantitative estimate of drug-likeness (QED) is 0.796. The molecule has 1 aromatic heterocycles. The van der Waals surface area contributed by atoms with E-state index in [4.69, 9.17) is 11.6 Å². The molecule has 0 spiro atoms. The van der Waals surface area contributed by atoms with Gasteiger partial charge in [-0.1, -0.05) is 17.7 Å². The molecule has 134 valence electrons. The van der Waals surface area contributed by atoms with E-state index in [1.165, 1.54) is 12.1 Å². The molecule has 2 aromatic rings. The van der Waals surface area contributed by atoms with E-state index in [0.717, 1.165) is 22.6 Å². The summed E-state index contributed by atoms with van der Waals surface area (Å²) in [5.74, 6) is 0.541. The number of carbonyl (C=O) groups excluding carboxylic acids is 1. The maximum Gasteiger partial charge on any atom is 0.224 e. The number of rotatable bonds is 4. The van der Waals surface area contributed by atoms with Gasteiger partial charge >= 0.3 is 0 Å². The van der Waals surface area contributed by atoms with Gasteiger partial charge in [-0.15, -0.1) is 11.8 Å². The Labute approximate surface area is 155 Å². The van der Waals surface area contributed by atoms with Gasteiger partial charge in [0.25, 0.3) is 0 Å². The van der Waals surface area contributed by atoms with Crippen LogP contribution in [0.1, 0.15) is 28.6 Å². The number of aromatic hydroxyl groups is 2. The van der Waals surface area contributed by atoms with Crippen molar-refractivity contribution in [3.63, 3.8) is 0 Å². The first kappa shape index (κ1) is 17.9. The largest absolute Gasteiger partial charge is 0.504 e. The average molecular weight is 382 g/mol. The monoisotopic (exact) mass is 381 g/mol. The molecule has 2 N–H and O–H groups in total. The van der Waals surface area contributed by atoms with Crippen LogP contribution < -0.4 is 0 Å². The number of carbonyl (C=O) groups is 1. The average Bonchev–Trinajstić information content (AvgIpc) is 2.82. The van der Waals surface area contributed by atoms with Gasteiger partial charge in [0.15, 0.2) is 11.5 Å². The molecular weight excluding hydrogens is 362 g/mol. The Kier molecular flexibility index (Phi) is 5.15. The summed E-state index contributed by atoms with van der Waals surface area (Å²) >= 11 is 8.09. The van der Waals surface area contributed by atoms with E-state index in [1.807, 2.05) is 11.8 Å². The molecule has 0 aliphatic carbocycles. The number of hydrogen-bond acceptors (Lipinski definition) is 5. The third-order valence-electron chi connectivity index (χ3n) is 4.32. The molecule has 2 heterocycles. The van der Waals surface area contributed by atoms with Crippen LogP contribution >= 0.6 is 23.4 Å². The highest BCUT2D eigenvalue weighted by Crippen LogP contribution is 2.41. The lowest BCUT2D eigenvalue weighted by Gasteiger charge is -2.35. The van der Waals surface area contributed by atoms with Crippen LogP contribution in [-0.4, -0.2) is 43.1 Å². The molecule has 0 saturated carbocycles. The molecule has 1 aliphatic rings. The van der Waals surface area contributed by atoms with Gasteiger partial charge in [0.2, 0.25) is 5.91 Å². The van der Waals surface area contributed by atoms with Gasteiger partial charge in [-0.2, -0.15) is 5.10 Å². The number of halogens is 1. The molecule has 8 heteroatoms. The van der Waals surface area contributed by atoms with Crippen molar-refractivity contribution in [2.45, 2.75) is 25.1 Å². The summed E-state index contributed by atoms with van der Waals surface area (Å²) in [6.07, 6.45) is 1.08. The van der Waals surface area contributed by atoms with Crippen LogP contribution in [-0.2, 0) is 18.3 Å². The Balaban J connectivity index is 1.83. The number of phenols is 2. The zero-order valence-electron chi connectivity index (χ0n) is 14.1. The number of benzene rings is 1. The van der Waals surface area contributed by atoms with Crippen molar-refractivity contribution in [3.05, 3.63) is 40.2 Å². The molecule has 1 aliphatic heterocycles. The molecule has 3 rings (SSSR count). The van der Waals surface area contributed by atoms with Gasteiger partial charge in [-0.3, -0.25) is 9.48 Å². The molecule has 1 unspecified atom stereocenters. The Morgan fingerprint density at radius 1 is 1.36 bits per heavy atom. The lowest BCUT2D eigenvalue weighted by Crippen LogP contribution is -2.38. The lowest BCUT2D eigenvalue weighted by atomic mass is 10.1. The van der Waals surface area contributed by atoms with E-state index in [9.17, 15) is 15.0 Å². The van der Waals surface area contributed by atoms with E-state index in [0.29, 0.717) is 24.5 Å². The fraction of sp³-hybridized carbons (Fsp3) is 0.412. The number of nitrogens with zero attached hydrogens (tertiary/aromatic N) is 3. The first-order chi connectivity index (χ1) is 11.9. The number of thioether (sulfide) groups is 1. The Morgan fingerprint density at radius 2 is 2.12 bits per heavy atom. The zero-order valence-corrected chi connectivity index (χ0v) is 15.6. The number of phenolic OH excluding ortho intramolecular Hbond substituents is 2. The highest BCUT2D eigenvalue weighted by Gasteiger charge is 2.33. The fourth-order valence-corrected chi connectivity index (χ4v) is 4.71. The van der Waals surface area contributed by atoms with Crippen LogP contribution in [0.2, 0.25) is 5.15 Å². The van der Waals surface area contributed by atoms with Crippen molar-refractivity contribution in [1.29, 1.82) is 0 Å². The molecule has 0 bridgehead atoms. The van der Waals surface area contributed by atoms with Crippen molar-refractivity contribution in [2.75, 3.05) is 12.3 Å². The smallest absolute Gasteiger partial charge is 0.224 e. The zero-order chi connectivity index (χ0) is 18.1. The molecule has 6 nitrogen and oxygen atoms in total. The molecule has 1 aromatic carbocycles. The molecule has 1 atom stereocenters. The predicted molar refractivity (Wildman–Crippen MR) is 98.0 cm³/mol. The first-order valence-electron chi connectivity index (χ1n) is 7.99. The Morgan fingerprint density at radius 3 is 2.76 bits per heavy atom. The van der Waals surface area contributed by atoms with Crippen LogP contribution in [0, 0.1) is 6.92 Å². The van der Waals surface area contributed by atoms with E-state index in [-0.39, 0.29) is 22.8 Å². The van der Waals surface area contributed by atoms with Crippen molar-refractivity contribution >= 4 is 29.3 Å². The Bertz CT molecular complexity index is 809. The van der Waals surface area contributed by atoms with Gasteiger partial charge < -0.3 is 15.1 Å². The number of hydrogen-bond donors (Lipinski definition) is 2. The van der Waals surface area contributed by atoms with Crippen LogP contribution in [0.4, 0.5) is 0 Å². The van der Waals surface area contributed by atoms with E-state index in [2.05, 4.69) is 5.10 Å². The third-order valence-corrected chi connectivity index (χ3v) is 6.01. The minimum absolute atomic E-state index is 0.0890. The highest BCUT2D eigenvalue weighted by molar-refractivity contribution is 7.99. The Hall–Kier alpha value is -1.86. The van der Waals surface area contributed by atoms with Crippen LogP contribution in [0.3, 0.4) is 0 Å².